The number of carbonyl (C=O) groups excluding carboxylic acids is 2. The summed E-state index contributed by atoms with van der Waals surface area (Å²) < 4.78 is 32.9. The van der Waals surface area contributed by atoms with Gasteiger partial charge in [-0.1, -0.05) is 19.9 Å². The maximum atomic E-state index is 12.7. The zero-order valence-corrected chi connectivity index (χ0v) is 17.8. The van der Waals surface area contributed by atoms with Crippen molar-refractivity contribution in [1.29, 1.82) is 0 Å². The number of ether oxygens (including phenoxy) is 1. The molecule has 29 heavy (non-hydrogen) atoms. The van der Waals surface area contributed by atoms with Crippen LogP contribution in [0.15, 0.2) is 47.4 Å². The topological polar surface area (TPSA) is 102 Å². The van der Waals surface area contributed by atoms with Crippen molar-refractivity contribution in [1.82, 2.24) is 4.72 Å². The molecule has 0 aliphatic heterocycles. The molecular formula is C21H26N2O5S. The molecule has 0 saturated heterocycles. The number of Topliss-reactive ketones (excluding diaryl/α,β-unsaturated/α-hetero) is 1. The third-order valence-electron chi connectivity index (χ3n) is 4.02. The molecule has 0 radical (unpaired) electrons. The first-order valence-electron chi connectivity index (χ1n) is 9.33. The summed E-state index contributed by atoms with van der Waals surface area (Å²) in [4.78, 5) is 24.4. The maximum Gasteiger partial charge on any atom is 0.255 e. The highest BCUT2D eigenvalue weighted by atomic mass is 32.2. The Hall–Kier alpha value is -2.71. The highest BCUT2D eigenvalue weighted by Gasteiger charge is 2.18. The van der Waals surface area contributed by atoms with Crippen molar-refractivity contribution in [2.75, 3.05) is 18.5 Å². The van der Waals surface area contributed by atoms with Crippen molar-refractivity contribution >= 4 is 27.4 Å². The van der Waals surface area contributed by atoms with Crippen molar-refractivity contribution in [3.05, 3.63) is 53.6 Å². The average molecular weight is 419 g/mol. The molecule has 2 aromatic carbocycles. The monoisotopic (exact) mass is 418 g/mol. The Balaban J connectivity index is 2.30. The van der Waals surface area contributed by atoms with Gasteiger partial charge in [-0.3, -0.25) is 9.59 Å². The lowest BCUT2D eigenvalue weighted by molar-refractivity contribution is 0.101. The number of anilines is 1. The molecule has 0 fully saturated rings. The largest absolute Gasteiger partial charge is 0.492 e. The van der Waals surface area contributed by atoms with Crippen molar-refractivity contribution in [3.8, 4) is 5.75 Å². The Bertz CT molecular complexity index is 1000. The lowest BCUT2D eigenvalue weighted by atomic mass is 10.1. The number of carbonyl (C=O) groups is 2. The van der Waals surface area contributed by atoms with E-state index in [4.69, 9.17) is 4.74 Å². The SMILES string of the molecule is CCOc1ccc(C(C)=O)cc1NC(=O)c1cccc(S(=O)(=O)NCC(C)C)c1. The Labute approximate surface area is 171 Å². The van der Waals surface area contributed by atoms with Gasteiger partial charge < -0.3 is 10.1 Å². The van der Waals surface area contributed by atoms with E-state index in [-0.39, 0.29) is 22.2 Å². The molecule has 7 nitrogen and oxygen atoms in total. The number of sulfonamides is 1. The van der Waals surface area contributed by atoms with Crippen LogP contribution in [0, 0.1) is 5.92 Å². The molecule has 0 aliphatic carbocycles. The summed E-state index contributed by atoms with van der Waals surface area (Å²) in [6.07, 6.45) is 0. The normalized spacial score (nSPS) is 11.3. The Kier molecular flexibility index (Phi) is 7.53. The van der Waals surface area contributed by atoms with Crippen LogP contribution in [-0.4, -0.2) is 33.3 Å². The second-order valence-corrected chi connectivity index (χ2v) is 8.69. The summed E-state index contributed by atoms with van der Waals surface area (Å²) in [5.41, 5.74) is 0.946. The molecule has 8 heteroatoms. The van der Waals surface area contributed by atoms with Crippen LogP contribution in [0.5, 0.6) is 5.75 Å². The van der Waals surface area contributed by atoms with Crippen LogP contribution < -0.4 is 14.8 Å². The van der Waals surface area contributed by atoms with Gasteiger partial charge in [-0.15, -0.1) is 0 Å². The zero-order valence-electron chi connectivity index (χ0n) is 17.0. The lowest BCUT2D eigenvalue weighted by Crippen LogP contribution is -2.27. The molecule has 0 saturated carbocycles. The first-order valence-corrected chi connectivity index (χ1v) is 10.8. The number of nitrogens with one attached hydrogen (secondary N) is 2. The fraction of sp³-hybridized carbons (Fsp3) is 0.333. The number of amides is 1. The van der Waals surface area contributed by atoms with Gasteiger partial charge in [0.05, 0.1) is 17.2 Å². The molecule has 0 unspecified atom stereocenters. The molecule has 156 valence electrons. The Morgan fingerprint density at radius 3 is 2.41 bits per heavy atom. The van der Waals surface area contributed by atoms with E-state index in [9.17, 15) is 18.0 Å². The van der Waals surface area contributed by atoms with Gasteiger partial charge in [0.25, 0.3) is 5.91 Å². The summed E-state index contributed by atoms with van der Waals surface area (Å²) in [7, 11) is -3.72. The zero-order chi connectivity index (χ0) is 21.6. The van der Waals surface area contributed by atoms with E-state index in [0.717, 1.165) is 0 Å². The molecule has 0 spiro atoms. The number of hydrogen-bond acceptors (Lipinski definition) is 5. The average Bonchev–Trinajstić information content (AvgIpc) is 2.68. The molecule has 0 bridgehead atoms. The summed E-state index contributed by atoms with van der Waals surface area (Å²) in [6, 6.07) is 10.5. The lowest BCUT2D eigenvalue weighted by Gasteiger charge is -2.13. The van der Waals surface area contributed by atoms with Crippen LogP contribution in [0.4, 0.5) is 5.69 Å². The predicted molar refractivity (Wildman–Crippen MR) is 112 cm³/mol. The van der Waals surface area contributed by atoms with Crippen LogP contribution in [-0.2, 0) is 10.0 Å². The van der Waals surface area contributed by atoms with Crippen molar-refractivity contribution in [2.45, 2.75) is 32.6 Å². The van der Waals surface area contributed by atoms with Crippen molar-refractivity contribution in [3.63, 3.8) is 0 Å². The molecule has 0 aromatic heterocycles. The van der Waals surface area contributed by atoms with Crippen LogP contribution in [0.3, 0.4) is 0 Å². The van der Waals surface area contributed by atoms with Gasteiger partial charge in [0.1, 0.15) is 5.75 Å². The van der Waals surface area contributed by atoms with E-state index in [1.165, 1.54) is 37.3 Å². The summed E-state index contributed by atoms with van der Waals surface area (Å²) in [6.45, 7) is 7.73. The molecule has 2 N–H and O–H groups in total. The van der Waals surface area contributed by atoms with Crippen LogP contribution in [0.2, 0.25) is 0 Å². The molecule has 0 atom stereocenters. The third-order valence-corrected chi connectivity index (χ3v) is 5.44. The minimum absolute atomic E-state index is 0.00770. The Morgan fingerprint density at radius 2 is 1.79 bits per heavy atom. The second-order valence-electron chi connectivity index (χ2n) is 6.93. The predicted octanol–water partition coefficient (Wildman–Crippen LogP) is 3.47. The van der Waals surface area contributed by atoms with Crippen molar-refractivity contribution < 1.29 is 22.7 Å². The van der Waals surface area contributed by atoms with E-state index in [0.29, 0.717) is 30.2 Å². The number of hydrogen-bond donors (Lipinski definition) is 2. The highest BCUT2D eigenvalue weighted by Crippen LogP contribution is 2.27. The van der Waals surface area contributed by atoms with Gasteiger partial charge in [0, 0.05) is 17.7 Å². The number of ketones is 1. The van der Waals surface area contributed by atoms with Crippen LogP contribution in [0.1, 0.15) is 48.4 Å². The molecule has 0 heterocycles. The smallest absolute Gasteiger partial charge is 0.255 e. The molecule has 2 rings (SSSR count). The van der Waals surface area contributed by atoms with E-state index < -0.39 is 15.9 Å². The van der Waals surface area contributed by atoms with Crippen LogP contribution in [0.25, 0.3) is 0 Å². The van der Waals surface area contributed by atoms with Gasteiger partial charge in [0.15, 0.2) is 5.78 Å². The van der Waals surface area contributed by atoms with Gasteiger partial charge in [-0.05, 0) is 56.2 Å². The summed E-state index contributed by atoms with van der Waals surface area (Å²) >= 11 is 0. The van der Waals surface area contributed by atoms with Gasteiger partial charge in [-0.25, -0.2) is 13.1 Å². The molecule has 2 aromatic rings. The van der Waals surface area contributed by atoms with E-state index in [2.05, 4.69) is 10.0 Å². The third kappa shape index (κ3) is 6.13. The quantitative estimate of drug-likeness (QED) is 0.607. The standard InChI is InChI=1S/C21H26N2O5S/c1-5-28-20-10-9-16(15(4)24)12-19(20)23-21(25)17-7-6-8-18(11-17)29(26,27)22-13-14(2)3/h6-12,14,22H,5,13H2,1-4H3,(H,23,25). The van der Waals surface area contributed by atoms with Crippen molar-refractivity contribution in [2.24, 2.45) is 5.92 Å². The Morgan fingerprint density at radius 1 is 1.07 bits per heavy atom. The van der Waals surface area contributed by atoms with Gasteiger partial charge in [-0.2, -0.15) is 0 Å². The molecular weight excluding hydrogens is 392 g/mol. The van der Waals surface area contributed by atoms with Gasteiger partial charge in [0.2, 0.25) is 10.0 Å². The minimum atomic E-state index is -3.72. The van der Waals surface area contributed by atoms with E-state index in [1.54, 1.807) is 12.1 Å². The minimum Gasteiger partial charge on any atom is -0.492 e. The maximum absolute atomic E-state index is 12.7. The fourth-order valence-corrected chi connectivity index (χ4v) is 3.75. The second kappa shape index (κ2) is 9.67. The van der Waals surface area contributed by atoms with Crippen LogP contribution >= 0.6 is 0 Å². The van der Waals surface area contributed by atoms with Gasteiger partial charge >= 0.3 is 0 Å². The summed E-state index contributed by atoms with van der Waals surface area (Å²) in [5, 5.41) is 2.70. The van der Waals surface area contributed by atoms with E-state index >= 15 is 0 Å². The molecule has 0 aliphatic rings. The molecule has 1 amide bonds. The first-order chi connectivity index (χ1) is 13.6. The highest BCUT2D eigenvalue weighted by molar-refractivity contribution is 7.89. The summed E-state index contributed by atoms with van der Waals surface area (Å²) in [5.74, 6) is -0.0737. The van der Waals surface area contributed by atoms with E-state index in [1.807, 2.05) is 20.8 Å². The first kappa shape index (κ1) is 22.6. The number of rotatable bonds is 9. The fourth-order valence-electron chi connectivity index (χ4n) is 2.49. The number of benzene rings is 2.